The number of nitrogens with one attached hydrogen (secondary N) is 2. The highest BCUT2D eigenvalue weighted by molar-refractivity contribution is 7.13. The molecule has 0 saturated carbocycles. The van der Waals surface area contributed by atoms with Crippen molar-refractivity contribution in [3.8, 4) is 5.75 Å². The summed E-state index contributed by atoms with van der Waals surface area (Å²) in [5.41, 5.74) is 2.22. The summed E-state index contributed by atoms with van der Waals surface area (Å²) < 4.78 is 5.69. The molecule has 0 fully saturated rings. The zero-order chi connectivity index (χ0) is 21.5. The number of carbonyl (C=O) groups excluding carboxylic acids is 2. The largest absolute Gasteiger partial charge is 0.486 e. The number of benzene rings is 2. The van der Waals surface area contributed by atoms with Crippen molar-refractivity contribution < 1.29 is 14.3 Å². The Bertz CT molecular complexity index is 1020. The number of aromatic nitrogens is 2. The van der Waals surface area contributed by atoms with Crippen LogP contribution in [0.5, 0.6) is 5.75 Å². The van der Waals surface area contributed by atoms with Crippen LogP contribution in [0.15, 0.2) is 48.5 Å². The van der Waals surface area contributed by atoms with E-state index in [2.05, 4.69) is 20.8 Å². The molecule has 0 unspecified atom stereocenters. The van der Waals surface area contributed by atoms with Crippen molar-refractivity contribution in [3.05, 3.63) is 69.7 Å². The van der Waals surface area contributed by atoms with E-state index in [0.29, 0.717) is 16.3 Å². The number of hydrogen-bond acceptors (Lipinski definition) is 6. The minimum absolute atomic E-state index is 0.110. The maximum atomic E-state index is 12.4. The molecule has 30 heavy (non-hydrogen) atoms. The SMILES string of the molecule is CC[C@@H](C)NC(=O)c1ccc(NC(=O)c2nnc(COc3cccc(C)c3)s2)cc1. The van der Waals surface area contributed by atoms with Gasteiger partial charge in [0.05, 0.1) is 0 Å². The van der Waals surface area contributed by atoms with Gasteiger partial charge in [0, 0.05) is 17.3 Å². The number of nitrogens with zero attached hydrogens (tertiary/aromatic N) is 2. The Morgan fingerprint density at radius 2 is 1.87 bits per heavy atom. The van der Waals surface area contributed by atoms with Crippen LogP contribution in [0, 0.1) is 6.92 Å². The molecule has 7 nitrogen and oxygen atoms in total. The maximum absolute atomic E-state index is 12.4. The number of ether oxygens (including phenoxy) is 1. The van der Waals surface area contributed by atoms with Crippen LogP contribution >= 0.6 is 11.3 Å². The third-order valence-corrected chi connectivity index (χ3v) is 5.30. The molecule has 0 bridgehead atoms. The zero-order valence-corrected chi connectivity index (χ0v) is 18.0. The van der Waals surface area contributed by atoms with Gasteiger partial charge in [0.2, 0.25) is 5.01 Å². The molecule has 3 rings (SSSR count). The van der Waals surface area contributed by atoms with Crippen LogP contribution in [-0.4, -0.2) is 28.1 Å². The molecule has 156 valence electrons. The Morgan fingerprint density at radius 1 is 1.10 bits per heavy atom. The predicted molar refractivity (Wildman–Crippen MR) is 117 cm³/mol. The minimum atomic E-state index is -0.355. The first kappa shape index (κ1) is 21.4. The van der Waals surface area contributed by atoms with Gasteiger partial charge in [-0.25, -0.2) is 0 Å². The number of carbonyl (C=O) groups is 2. The fraction of sp³-hybridized carbons (Fsp3) is 0.273. The van der Waals surface area contributed by atoms with Crippen LogP contribution in [0.2, 0.25) is 0 Å². The first-order valence-electron chi connectivity index (χ1n) is 9.68. The van der Waals surface area contributed by atoms with E-state index in [1.807, 2.05) is 45.0 Å². The summed E-state index contributed by atoms with van der Waals surface area (Å²) in [7, 11) is 0. The fourth-order valence-corrected chi connectivity index (χ4v) is 3.20. The predicted octanol–water partition coefficient (Wildman–Crippen LogP) is 4.21. The molecule has 1 aromatic heterocycles. The van der Waals surface area contributed by atoms with E-state index in [0.717, 1.165) is 17.7 Å². The van der Waals surface area contributed by atoms with Crippen LogP contribution < -0.4 is 15.4 Å². The van der Waals surface area contributed by atoms with Gasteiger partial charge < -0.3 is 15.4 Å². The average Bonchev–Trinajstić information content (AvgIpc) is 3.22. The number of anilines is 1. The summed E-state index contributed by atoms with van der Waals surface area (Å²) in [5.74, 6) is 0.254. The van der Waals surface area contributed by atoms with E-state index < -0.39 is 0 Å². The third kappa shape index (κ3) is 5.87. The molecule has 0 spiro atoms. The number of rotatable bonds is 8. The van der Waals surface area contributed by atoms with Crippen molar-refractivity contribution in [1.82, 2.24) is 15.5 Å². The fourth-order valence-electron chi connectivity index (χ4n) is 2.55. The summed E-state index contributed by atoms with van der Waals surface area (Å²) in [4.78, 5) is 24.6. The van der Waals surface area contributed by atoms with Gasteiger partial charge in [-0.1, -0.05) is 30.4 Å². The molecule has 0 aliphatic rings. The van der Waals surface area contributed by atoms with Crippen LogP contribution in [0.3, 0.4) is 0 Å². The van der Waals surface area contributed by atoms with Crippen LogP contribution in [-0.2, 0) is 6.61 Å². The van der Waals surface area contributed by atoms with Crippen molar-refractivity contribution in [2.45, 2.75) is 39.8 Å². The number of aryl methyl sites for hydroxylation is 1. The molecule has 3 aromatic rings. The average molecular weight is 425 g/mol. The maximum Gasteiger partial charge on any atom is 0.286 e. The Kier molecular flexibility index (Phi) is 7.13. The van der Waals surface area contributed by atoms with Gasteiger partial charge in [-0.15, -0.1) is 10.2 Å². The summed E-state index contributed by atoms with van der Waals surface area (Å²) in [6, 6.07) is 14.5. The smallest absolute Gasteiger partial charge is 0.286 e. The lowest BCUT2D eigenvalue weighted by Gasteiger charge is -2.11. The molecule has 1 heterocycles. The quantitative estimate of drug-likeness (QED) is 0.565. The number of amides is 2. The molecule has 1 atom stereocenters. The lowest BCUT2D eigenvalue weighted by molar-refractivity contribution is 0.0938. The minimum Gasteiger partial charge on any atom is -0.486 e. The van der Waals surface area contributed by atoms with Gasteiger partial charge in [-0.3, -0.25) is 9.59 Å². The molecule has 2 aromatic carbocycles. The van der Waals surface area contributed by atoms with E-state index in [1.54, 1.807) is 24.3 Å². The van der Waals surface area contributed by atoms with E-state index in [4.69, 9.17) is 4.74 Å². The van der Waals surface area contributed by atoms with Crippen molar-refractivity contribution in [1.29, 1.82) is 0 Å². The topological polar surface area (TPSA) is 93.2 Å². The lowest BCUT2D eigenvalue weighted by atomic mass is 10.1. The Balaban J connectivity index is 1.55. The van der Waals surface area contributed by atoms with Gasteiger partial charge in [0.15, 0.2) is 5.01 Å². The molecule has 0 radical (unpaired) electrons. The molecule has 2 amide bonds. The Morgan fingerprint density at radius 3 is 2.57 bits per heavy atom. The highest BCUT2D eigenvalue weighted by Crippen LogP contribution is 2.18. The van der Waals surface area contributed by atoms with E-state index in [9.17, 15) is 9.59 Å². The molecule has 0 saturated heterocycles. The zero-order valence-electron chi connectivity index (χ0n) is 17.1. The van der Waals surface area contributed by atoms with Crippen molar-refractivity contribution in [3.63, 3.8) is 0 Å². The van der Waals surface area contributed by atoms with Crippen molar-refractivity contribution in [2.24, 2.45) is 0 Å². The Labute approximate surface area is 179 Å². The van der Waals surface area contributed by atoms with E-state index >= 15 is 0 Å². The first-order valence-corrected chi connectivity index (χ1v) is 10.5. The van der Waals surface area contributed by atoms with Crippen molar-refractivity contribution >= 4 is 28.8 Å². The van der Waals surface area contributed by atoms with Gasteiger partial charge in [-0.2, -0.15) is 0 Å². The summed E-state index contributed by atoms with van der Waals surface area (Å²) >= 11 is 1.18. The van der Waals surface area contributed by atoms with Gasteiger partial charge >= 0.3 is 0 Å². The van der Waals surface area contributed by atoms with Gasteiger partial charge in [0.25, 0.3) is 11.8 Å². The second kappa shape index (κ2) is 9.98. The molecule has 0 aliphatic carbocycles. The lowest BCUT2D eigenvalue weighted by Crippen LogP contribution is -2.31. The second-order valence-electron chi connectivity index (χ2n) is 6.92. The Hall–Kier alpha value is -3.26. The monoisotopic (exact) mass is 424 g/mol. The van der Waals surface area contributed by atoms with E-state index in [-0.39, 0.29) is 29.5 Å². The molecule has 2 N–H and O–H groups in total. The van der Waals surface area contributed by atoms with E-state index in [1.165, 1.54) is 11.3 Å². The standard InChI is InChI=1S/C22H24N4O3S/c1-4-15(3)23-20(27)16-8-10-17(11-9-16)24-21(28)22-26-25-19(30-22)13-29-18-7-5-6-14(2)12-18/h5-12,15H,4,13H2,1-3H3,(H,23,27)(H,24,28)/t15-/m1/s1. The third-order valence-electron chi connectivity index (χ3n) is 4.41. The van der Waals surface area contributed by atoms with Gasteiger partial charge in [-0.05, 0) is 62.2 Å². The summed E-state index contributed by atoms with van der Waals surface area (Å²) in [6.45, 7) is 6.20. The highest BCUT2D eigenvalue weighted by Gasteiger charge is 2.14. The van der Waals surface area contributed by atoms with Crippen LogP contribution in [0.25, 0.3) is 0 Å². The summed E-state index contributed by atoms with van der Waals surface area (Å²) in [6.07, 6.45) is 0.861. The second-order valence-corrected chi connectivity index (χ2v) is 7.98. The molecule has 0 aliphatic heterocycles. The molecular weight excluding hydrogens is 400 g/mol. The van der Waals surface area contributed by atoms with Crippen LogP contribution in [0.4, 0.5) is 5.69 Å². The normalized spacial score (nSPS) is 11.6. The van der Waals surface area contributed by atoms with Crippen LogP contribution in [0.1, 0.15) is 51.0 Å². The molecular formula is C22H24N4O3S. The van der Waals surface area contributed by atoms with Crippen molar-refractivity contribution in [2.75, 3.05) is 5.32 Å². The number of hydrogen-bond donors (Lipinski definition) is 2. The first-order chi connectivity index (χ1) is 14.4. The van der Waals surface area contributed by atoms with Gasteiger partial charge in [0.1, 0.15) is 12.4 Å². The molecule has 8 heteroatoms. The summed E-state index contributed by atoms with van der Waals surface area (Å²) in [5, 5.41) is 14.5. The highest BCUT2D eigenvalue weighted by atomic mass is 32.1.